The minimum atomic E-state index is -2.96. The monoisotopic (exact) mass is 428 g/mol. The van der Waals surface area contributed by atoms with E-state index in [0.717, 1.165) is 18.0 Å². The number of benzene rings is 1. The van der Waals surface area contributed by atoms with Crippen molar-refractivity contribution < 1.29 is 18.3 Å². The maximum atomic E-state index is 12.5. The lowest BCUT2D eigenvalue weighted by Gasteiger charge is -2.21. The van der Waals surface area contributed by atoms with Crippen LogP contribution in [0.5, 0.6) is 5.75 Å². The van der Waals surface area contributed by atoms with E-state index in [4.69, 9.17) is 0 Å². The largest absolute Gasteiger partial charge is 0.433 e. The molecule has 1 unspecified atom stereocenters. The van der Waals surface area contributed by atoms with Gasteiger partial charge in [-0.1, -0.05) is 54.5 Å². The van der Waals surface area contributed by atoms with E-state index in [9.17, 15) is 13.6 Å². The van der Waals surface area contributed by atoms with E-state index in [2.05, 4.69) is 25.6 Å². The molecular weight excluding hydrogens is 406 g/mol. The molecule has 152 valence electrons. The Labute approximate surface area is 170 Å². The number of rotatable bonds is 8. The number of thioether (sulfide) groups is 1. The van der Waals surface area contributed by atoms with Crippen LogP contribution in [0.25, 0.3) is 0 Å². The number of para-hydroxylation sites is 2. The van der Waals surface area contributed by atoms with Crippen LogP contribution >= 0.6 is 23.1 Å². The Balaban J connectivity index is 1.54. The molecule has 0 spiro atoms. The van der Waals surface area contributed by atoms with E-state index in [1.54, 1.807) is 19.1 Å². The first-order valence-electron chi connectivity index (χ1n) is 9.12. The molecule has 1 fully saturated rings. The summed E-state index contributed by atoms with van der Waals surface area (Å²) >= 11 is 2.69. The van der Waals surface area contributed by atoms with Crippen molar-refractivity contribution >= 4 is 39.8 Å². The smallest absolute Gasteiger partial charge is 0.387 e. The molecule has 0 bridgehead atoms. The van der Waals surface area contributed by atoms with Gasteiger partial charge in [0, 0.05) is 6.04 Å². The Bertz CT molecular complexity index is 784. The van der Waals surface area contributed by atoms with E-state index < -0.39 is 11.9 Å². The number of aromatic nitrogens is 2. The average Bonchev–Trinajstić information content (AvgIpc) is 3.10. The normalized spacial score (nSPS) is 16.0. The molecule has 0 saturated heterocycles. The fourth-order valence-electron chi connectivity index (χ4n) is 2.95. The van der Waals surface area contributed by atoms with E-state index >= 15 is 0 Å². The zero-order chi connectivity index (χ0) is 19.9. The van der Waals surface area contributed by atoms with Gasteiger partial charge in [0.25, 0.3) is 0 Å². The highest BCUT2D eigenvalue weighted by molar-refractivity contribution is 8.02. The molecule has 1 amide bonds. The predicted octanol–water partition coefficient (Wildman–Crippen LogP) is 5.00. The molecule has 1 aliphatic rings. The van der Waals surface area contributed by atoms with Gasteiger partial charge in [0.1, 0.15) is 5.75 Å². The molecule has 0 aliphatic heterocycles. The standard InChI is InChI=1S/C18H22F2N4O2S2/c1-11(15(25)22-13-9-5-6-10-14(13)26-16(19)20)27-18-24-23-17(28-18)21-12-7-3-2-4-8-12/h5-6,9-12,16H,2-4,7-8H2,1H3,(H,21,23)(H,22,25). The quantitative estimate of drug-likeness (QED) is 0.576. The second kappa shape index (κ2) is 10.0. The molecule has 3 rings (SSSR count). The minimum Gasteiger partial charge on any atom is -0.433 e. The lowest BCUT2D eigenvalue weighted by molar-refractivity contribution is -0.115. The van der Waals surface area contributed by atoms with Crippen LogP contribution in [-0.2, 0) is 4.79 Å². The first-order valence-corrected chi connectivity index (χ1v) is 10.8. The maximum Gasteiger partial charge on any atom is 0.387 e. The molecule has 10 heteroatoms. The summed E-state index contributed by atoms with van der Waals surface area (Å²) in [7, 11) is 0. The summed E-state index contributed by atoms with van der Waals surface area (Å²) in [5.41, 5.74) is 0.206. The molecule has 2 aromatic rings. The second-order valence-corrected chi connectivity index (χ2v) is 9.04. The molecule has 1 atom stereocenters. The number of anilines is 2. The number of alkyl halides is 2. The van der Waals surface area contributed by atoms with Gasteiger partial charge in [-0.3, -0.25) is 4.79 Å². The van der Waals surface area contributed by atoms with Crippen LogP contribution in [0.3, 0.4) is 0 Å². The van der Waals surface area contributed by atoms with Crippen molar-refractivity contribution in [3.05, 3.63) is 24.3 Å². The molecule has 1 heterocycles. The van der Waals surface area contributed by atoms with Gasteiger partial charge in [0.15, 0.2) is 4.34 Å². The highest BCUT2D eigenvalue weighted by Gasteiger charge is 2.20. The Morgan fingerprint density at radius 2 is 2.00 bits per heavy atom. The molecular formula is C18H22F2N4O2S2. The van der Waals surface area contributed by atoms with Gasteiger partial charge in [-0.2, -0.15) is 8.78 Å². The van der Waals surface area contributed by atoms with Crippen LogP contribution < -0.4 is 15.4 Å². The number of ether oxygens (including phenoxy) is 1. The molecule has 1 aromatic carbocycles. The van der Waals surface area contributed by atoms with Gasteiger partial charge >= 0.3 is 6.61 Å². The SMILES string of the molecule is CC(Sc1nnc(NC2CCCCC2)s1)C(=O)Nc1ccccc1OC(F)F. The first kappa shape index (κ1) is 20.8. The lowest BCUT2D eigenvalue weighted by Crippen LogP contribution is -2.23. The number of hydrogen-bond acceptors (Lipinski definition) is 7. The molecule has 6 nitrogen and oxygen atoms in total. The third kappa shape index (κ3) is 6.03. The molecule has 1 aliphatic carbocycles. The Morgan fingerprint density at radius 1 is 1.25 bits per heavy atom. The van der Waals surface area contributed by atoms with E-state index in [1.165, 1.54) is 54.5 Å². The third-order valence-corrected chi connectivity index (χ3v) is 6.39. The van der Waals surface area contributed by atoms with Crippen LogP contribution in [0, 0.1) is 0 Å². The molecule has 0 radical (unpaired) electrons. The van der Waals surface area contributed by atoms with Gasteiger partial charge in [0.05, 0.1) is 10.9 Å². The average molecular weight is 429 g/mol. The van der Waals surface area contributed by atoms with Gasteiger partial charge in [-0.05, 0) is 31.9 Å². The number of amides is 1. The van der Waals surface area contributed by atoms with Gasteiger partial charge in [-0.25, -0.2) is 0 Å². The topological polar surface area (TPSA) is 76.1 Å². The Morgan fingerprint density at radius 3 is 2.75 bits per heavy atom. The number of nitrogens with zero attached hydrogens (tertiary/aromatic N) is 2. The van der Waals surface area contributed by atoms with Crippen LogP contribution in [0.1, 0.15) is 39.0 Å². The van der Waals surface area contributed by atoms with E-state index in [0.29, 0.717) is 10.4 Å². The highest BCUT2D eigenvalue weighted by Crippen LogP contribution is 2.32. The van der Waals surface area contributed by atoms with Crippen molar-refractivity contribution in [2.24, 2.45) is 0 Å². The van der Waals surface area contributed by atoms with Crippen LogP contribution in [-0.4, -0.2) is 34.0 Å². The zero-order valence-corrected chi connectivity index (χ0v) is 17.0. The summed E-state index contributed by atoms with van der Waals surface area (Å²) in [6.07, 6.45) is 6.02. The van der Waals surface area contributed by atoms with Gasteiger partial charge in [-0.15, -0.1) is 10.2 Å². The summed E-state index contributed by atoms with van der Waals surface area (Å²) in [4.78, 5) is 12.4. The van der Waals surface area contributed by atoms with Gasteiger partial charge < -0.3 is 15.4 Å². The Kier molecular flexibility index (Phi) is 7.43. The summed E-state index contributed by atoms with van der Waals surface area (Å²) in [6.45, 7) is -1.23. The van der Waals surface area contributed by atoms with Crippen LogP contribution in [0.4, 0.5) is 19.6 Å². The van der Waals surface area contributed by atoms with Crippen molar-refractivity contribution in [1.82, 2.24) is 10.2 Å². The summed E-state index contributed by atoms with van der Waals surface area (Å²) in [5.74, 6) is -0.398. The summed E-state index contributed by atoms with van der Waals surface area (Å²) < 4.78 is 30.1. The van der Waals surface area contributed by atoms with Crippen molar-refractivity contribution in [3.63, 3.8) is 0 Å². The maximum absolute atomic E-state index is 12.5. The van der Waals surface area contributed by atoms with Crippen molar-refractivity contribution in [1.29, 1.82) is 0 Å². The van der Waals surface area contributed by atoms with Crippen LogP contribution in [0.15, 0.2) is 28.6 Å². The molecule has 1 saturated carbocycles. The fourth-order valence-corrected chi connectivity index (χ4v) is 4.92. The number of nitrogens with one attached hydrogen (secondary N) is 2. The predicted molar refractivity (Wildman–Crippen MR) is 107 cm³/mol. The van der Waals surface area contributed by atoms with Gasteiger partial charge in [0.2, 0.25) is 11.0 Å². The number of carbonyl (C=O) groups excluding carboxylic acids is 1. The molecule has 1 aromatic heterocycles. The van der Waals surface area contributed by atoms with E-state index in [-0.39, 0.29) is 17.3 Å². The van der Waals surface area contributed by atoms with Crippen molar-refractivity contribution in [3.8, 4) is 5.75 Å². The first-order chi connectivity index (χ1) is 13.5. The zero-order valence-electron chi connectivity index (χ0n) is 15.4. The molecule has 2 N–H and O–H groups in total. The number of hydrogen-bond donors (Lipinski definition) is 2. The molecule has 28 heavy (non-hydrogen) atoms. The number of carbonyl (C=O) groups is 1. The second-order valence-electron chi connectivity index (χ2n) is 6.48. The third-order valence-electron chi connectivity index (χ3n) is 4.35. The van der Waals surface area contributed by atoms with Crippen molar-refractivity contribution in [2.45, 2.75) is 61.3 Å². The highest BCUT2D eigenvalue weighted by atomic mass is 32.2. The van der Waals surface area contributed by atoms with E-state index in [1.807, 2.05) is 0 Å². The Hall–Kier alpha value is -1.94. The lowest BCUT2D eigenvalue weighted by atomic mass is 9.96. The van der Waals surface area contributed by atoms with Crippen molar-refractivity contribution in [2.75, 3.05) is 10.6 Å². The number of halogens is 2. The minimum absolute atomic E-state index is 0.0714. The summed E-state index contributed by atoms with van der Waals surface area (Å²) in [5, 5.41) is 14.6. The summed E-state index contributed by atoms with van der Waals surface area (Å²) in [6, 6.07) is 6.54. The fraction of sp³-hybridized carbons (Fsp3) is 0.500. The van der Waals surface area contributed by atoms with Crippen LogP contribution in [0.2, 0.25) is 0 Å².